The fourth-order valence-corrected chi connectivity index (χ4v) is 3.39. The van der Waals surface area contributed by atoms with Crippen LogP contribution in [0.25, 0.3) is 21.9 Å². The number of carbonyl (C=O) groups is 1. The van der Waals surface area contributed by atoms with E-state index in [0.717, 1.165) is 6.07 Å². The molecule has 1 unspecified atom stereocenters. The van der Waals surface area contributed by atoms with Gasteiger partial charge in [0.05, 0.1) is 11.1 Å². The summed E-state index contributed by atoms with van der Waals surface area (Å²) in [5.41, 5.74) is 4.35. The Kier molecular flexibility index (Phi) is 5.23. The number of benzene rings is 2. The largest absolute Gasteiger partial charge is 0.480 e. The molecule has 5 nitrogen and oxygen atoms in total. The van der Waals surface area contributed by atoms with Crippen molar-refractivity contribution in [3.05, 3.63) is 69.6 Å². The molecular weight excluding hydrogens is 385 g/mol. The molecule has 3 rings (SSSR count). The number of nitrogens with zero attached hydrogens (tertiary/aromatic N) is 1. The molecule has 0 fully saturated rings. The first-order chi connectivity index (χ1) is 13.5. The van der Waals surface area contributed by atoms with Gasteiger partial charge in [0.25, 0.3) is 5.56 Å². The lowest BCUT2D eigenvalue weighted by Gasteiger charge is -2.18. The molecule has 8 heteroatoms. The van der Waals surface area contributed by atoms with Gasteiger partial charge in [-0.15, -0.1) is 0 Å². The minimum Gasteiger partial charge on any atom is -0.480 e. The molecule has 3 N–H and O–H groups in total. The van der Waals surface area contributed by atoms with Crippen molar-refractivity contribution in [3.63, 3.8) is 0 Å². The summed E-state index contributed by atoms with van der Waals surface area (Å²) in [7, 11) is 1.42. The molecule has 0 radical (unpaired) electrons. The number of nitrogens with two attached hydrogens (primary N) is 1. The maximum atomic E-state index is 13.7. The Morgan fingerprint density at radius 2 is 1.79 bits per heavy atom. The van der Waals surface area contributed by atoms with Gasteiger partial charge in [-0.3, -0.25) is 9.59 Å². The number of carboxylic acids is 1. The predicted molar refractivity (Wildman–Crippen MR) is 104 cm³/mol. The normalized spacial score (nSPS) is 12.9. The molecule has 3 aromatic rings. The minimum atomic E-state index is -4.71. The highest BCUT2D eigenvalue weighted by Crippen LogP contribution is 2.38. The van der Waals surface area contributed by atoms with Gasteiger partial charge in [0.2, 0.25) is 0 Å². The number of hydrogen-bond donors (Lipinski definition) is 2. The van der Waals surface area contributed by atoms with Crippen LogP contribution in [0.1, 0.15) is 16.8 Å². The Morgan fingerprint density at radius 1 is 1.17 bits per heavy atom. The standard InChI is InChI=1S/C21H19F3N2O3/c1-11-9-16(21(22,23)24)18(19(27)26(11)2)15-8-7-12(10-17(25)20(28)29)13-5-3-4-6-14(13)15/h3-9,17H,10,25H2,1-2H3,(H,28,29). The van der Waals surface area contributed by atoms with E-state index in [2.05, 4.69) is 0 Å². The second-order valence-corrected chi connectivity index (χ2v) is 6.90. The van der Waals surface area contributed by atoms with E-state index in [0.29, 0.717) is 16.3 Å². The first-order valence-electron chi connectivity index (χ1n) is 8.79. The van der Waals surface area contributed by atoms with Crippen molar-refractivity contribution in [1.82, 2.24) is 4.57 Å². The van der Waals surface area contributed by atoms with Gasteiger partial charge in [-0.1, -0.05) is 36.4 Å². The third-order valence-electron chi connectivity index (χ3n) is 5.02. The molecule has 29 heavy (non-hydrogen) atoms. The van der Waals surface area contributed by atoms with Gasteiger partial charge in [0, 0.05) is 12.7 Å². The van der Waals surface area contributed by atoms with Crippen molar-refractivity contribution < 1.29 is 23.1 Å². The molecule has 0 saturated carbocycles. The summed E-state index contributed by atoms with van der Waals surface area (Å²) in [4.78, 5) is 23.9. The molecule has 0 aliphatic heterocycles. The summed E-state index contributed by atoms with van der Waals surface area (Å²) >= 11 is 0. The Bertz CT molecular complexity index is 1170. The summed E-state index contributed by atoms with van der Waals surface area (Å²) in [6, 6.07) is 9.39. The zero-order valence-electron chi connectivity index (χ0n) is 15.7. The van der Waals surface area contributed by atoms with Crippen LogP contribution in [0.2, 0.25) is 0 Å². The maximum absolute atomic E-state index is 13.7. The molecule has 0 bridgehead atoms. The molecule has 0 saturated heterocycles. The predicted octanol–water partition coefficient (Wildman–Crippen LogP) is 3.49. The first-order valence-corrected chi connectivity index (χ1v) is 8.79. The van der Waals surface area contributed by atoms with Gasteiger partial charge in [-0.05, 0) is 41.3 Å². The zero-order chi connectivity index (χ0) is 21.5. The highest BCUT2D eigenvalue weighted by atomic mass is 19.4. The summed E-state index contributed by atoms with van der Waals surface area (Å²) in [6.45, 7) is 1.44. The average molecular weight is 404 g/mol. The van der Waals surface area contributed by atoms with Crippen LogP contribution in [0.15, 0.2) is 47.3 Å². The monoisotopic (exact) mass is 404 g/mol. The van der Waals surface area contributed by atoms with Crippen LogP contribution in [0.5, 0.6) is 0 Å². The lowest BCUT2D eigenvalue weighted by Crippen LogP contribution is -2.32. The van der Waals surface area contributed by atoms with E-state index in [-0.39, 0.29) is 17.7 Å². The zero-order valence-corrected chi connectivity index (χ0v) is 15.7. The van der Waals surface area contributed by atoms with E-state index in [4.69, 9.17) is 10.8 Å². The van der Waals surface area contributed by atoms with Crippen molar-refractivity contribution in [3.8, 4) is 11.1 Å². The van der Waals surface area contributed by atoms with E-state index in [1.807, 2.05) is 0 Å². The molecule has 0 aliphatic carbocycles. The minimum absolute atomic E-state index is 0.00810. The Labute approximate surface area is 164 Å². The van der Waals surface area contributed by atoms with Crippen molar-refractivity contribution >= 4 is 16.7 Å². The number of aryl methyl sites for hydroxylation is 1. The maximum Gasteiger partial charge on any atom is 0.417 e. The molecule has 0 aliphatic rings. The van der Waals surface area contributed by atoms with Crippen LogP contribution in [0, 0.1) is 6.92 Å². The van der Waals surface area contributed by atoms with Crippen LogP contribution in [0.3, 0.4) is 0 Å². The fourth-order valence-electron chi connectivity index (χ4n) is 3.39. The molecule has 152 valence electrons. The first kappa shape index (κ1) is 20.6. The molecule has 0 spiro atoms. The molecule has 1 heterocycles. The van der Waals surface area contributed by atoms with Crippen LogP contribution in [-0.4, -0.2) is 21.7 Å². The number of alkyl halides is 3. The fraction of sp³-hybridized carbons (Fsp3) is 0.238. The number of fused-ring (bicyclic) bond motifs is 1. The average Bonchev–Trinajstić information content (AvgIpc) is 2.65. The number of hydrogen-bond acceptors (Lipinski definition) is 3. The van der Waals surface area contributed by atoms with Crippen LogP contribution < -0.4 is 11.3 Å². The Hall–Kier alpha value is -3.13. The Balaban J connectivity index is 2.35. The second-order valence-electron chi connectivity index (χ2n) is 6.90. The third kappa shape index (κ3) is 3.75. The third-order valence-corrected chi connectivity index (χ3v) is 5.02. The second kappa shape index (κ2) is 7.36. The van der Waals surface area contributed by atoms with E-state index in [1.165, 1.54) is 30.7 Å². The molecule has 1 atom stereocenters. The van der Waals surface area contributed by atoms with Crippen LogP contribution in [-0.2, 0) is 24.4 Å². The van der Waals surface area contributed by atoms with Crippen molar-refractivity contribution in [2.75, 3.05) is 0 Å². The number of aliphatic carboxylic acids is 1. The van der Waals surface area contributed by atoms with Crippen molar-refractivity contribution in [1.29, 1.82) is 0 Å². The lowest BCUT2D eigenvalue weighted by atomic mass is 9.91. The number of carboxylic acid groups (broad SMARTS) is 1. The smallest absolute Gasteiger partial charge is 0.417 e. The van der Waals surface area contributed by atoms with Crippen molar-refractivity contribution in [2.24, 2.45) is 12.8 Å². The van der Waals surface area contributed by atoms with Gasteiger partial charge in [0.15, 0.2) is 0 Å². The quantitative estimate of drug-likeness (QED) is 0.697. The highest BCUT2D eigenvalue weighted by Gasteiger charge is 2.36. The Morgan fingerprint density at radius 3 is 2.38 bits per heavy atom. The number of rotatable bonds is 4. The lowest BCUT2D eigenvalue weighted by molar-refractivity contribution is -0.138. The molecule has 1 aromatic heterocycles. The highest BCUT2D eigenvalue weighted by molar-refractivity contribution is 5.99. The molecule has 2 aromatic carbocycles. The number of halogens is 3. The number of pyridine rings is 1. The topological polar surface area (TPSA) is 85.3 Å². The summed E-state index contributed by atoms with van der Waals surface area (Å²) < 4.78 is 42.4. The number of aromatic nitrogens is 1. The van der Waals surface area contributed by atoms with E-state index in [1.54, 1.807) is 24.3 Å². The summed E-state index contributed by atoms with van der Waals surface area (Å²) in [5, 5.41) is 10.1. The van der Waals surface area contributed by atoms with Gasteiger partial charge >= 0.3 is 12.1 Å². The van der Waals surface area contributed by atoms with Gasteiger partial charge in [-0.25, -0.2) is 0 Å². The van der Waals surface area contributed by atoms with Gasteiger partial charge < -0.3 is 15.4 Å². The van der Waals surface area contributed by atoms with E-state index >= 15 is 0 Å². The summed E-state index contributed by atoms with van der Waals surface area (Å²) in [6.07, 6.45) is -4.70. The molecular formula is C21H19F3N2O3. The molecule has 0 amide bonds. The van der Waals surface area contributed by atoms with E-state index in [9.17, 15) is 22.8 Å². The van der Waals surface area contributed by atoms with E-state index < -0.39 is 34.9 Å². The van der Waals surface area contributed by atoms with Gasteiger partial charge in [0.1, 0.15) is 6.04 Å². The van der Waals surface area contributed by atoms with Crippen molar-refractivity contribution in [2.45, 2.75) is 25.6 Å². The van der Waals surface area contributed by atoms with Crippen LogP contribution >= 0.6 is 0 Å². The SMILES string of the molecule is Cc1cc(C(F)(F)F)c(-c2ccc(CC(N)C(=O)O)c3ccccc23)c(=O)n1C. The summed E-state index contributed by atoms with van der Waals surface area (Å²) in [5.74, 6) is -1.18. The van der Waals surface area contributed by atoms with Gasteiger partial charge in [-0.2, -0.15) is 13.2 Å². The van der Waals surface area contributed by atoms with Crippen LogP contribution in [0.4, 0.5) is 13.2 Å².